The first kappa shape index (κ1) is 13.7. The molecule has 16 heavy (non-hydrogen) atoms. The van der Waals surface area contributed by atoms with Crippen LogP contribution >= 0.6 is 34.2 Å². The second-order valence-corrected chi connectivity index (χ2v) is 3.98. The Morgan fingerprint density at radius 3 is 2.38 bits per heavy atom. The van der Waals surface area contributed by atoms with E-state index in [1.165, 1.54) is 22.6 Å². The summed E-state index contributed by atoms with van der Waals surface area (Å²) in [5.41, 5.74) is -0.840. The van der Waals surface area contributed by atoms with Gasteiger partial charge in [0.1, 0.15) is 5.69 Å². The minimum atomic E-state index is -5.00. The highest BCUT2D eigenvalue weighted by Crippen LogP contribution is 2.32. The van der Waals surface area contributed by atoms with Crippen LogP contribution in [0.3, 0.4) is 0 Å². The predicted octanol–water partition coefficient (Wildman–Crippen LogP) is 4.18. The lowest BCUT2D eigenvalue weighted by molar-refractivity contribution is -0.276. The first-order valence-electron chi connectivity index (χ1n) is 3.60. The molecule has 0 bridgehead atoms. The molecule has 1 heterocycles. The van der Waals surface area contributed by atoms with Crippen LogP contribution in [0.2, 0.25) is 5.02 Å². The van der Waals surface area contributed by atoms with Crippen LogP contribution < -0.4 is 4.74 Å². The molecule has 0 N–H and O–H groups in total. The van der Waals surface area contributed by atoms with E-state index in [9.17, 15) is 22.0 Å². The van der Waals surface area contributed by atoms with Crippen molar-refractivity contribution in [2.75, 3.05) is 0 Å². The van der Waals surface area contributed by atoms with Gasteiger partial charge in [0.15, 0.2) is 0 Å². The maximum atomic E-state index is 12.4. The van der Waals surface area contributed by atoms with Gasteiger partial charge in [0.05, 0.1) is 8.59 Å². The second-order valence-electron chi connectivity index (χ2n) is 2.49. The minimum absolute atomic E-state index is 0.108. The number of nitrogens with zero attached hydrogens (tertiary/aromatic N) is 1. The molecular formula is C7H2ClF5INO. The predicted molar refractivity (Wildman–Crippen MR) is 53.6 cm³/mol. The molecule has 0 fully saturated rings. The molecule has 0 amide bonds. The molecule has 0 spiro atoms. The van der Waals surface area contributed by atoms with Crippen molar-refractivity contribution in [1.82, 2.24) is 4.98 Å². The fourth-order valence-corrected chi connectivity index (χ4v) is 1.51. The van der Waals surface area contributed by atoms with Crippen molar-refractivity contribution in [1.29, 1.82) is 0 Å². The summed E-state index contributed by atoms with van der Waals surface area (Å²) in [5.74, 6) is -1.01. The quantitative estimate of drug-likeness (QED) is 0.573. The van der Waals surface area contributed by atoms with Gasteiger partial charge in [-0.05, 0) is 22.6 Å². The molecule has 0 unspecified atom stereocenters. The molecule has 0 saturated carbocycles. The third-order valence-electron chi connectivity index (χ3n) is 1.34. The molecule has 0 radical (unpaired) electrons. The Morgan fingerprint density at radius 1 is 1.38 bits per heavy atom. The summed E-state index contributed by atoms with van der Waals surface area (Å²) < 4.78 is 63.4. The first-order valence-corrected chi connectivity index (χ1v) is 5.06. The van der Waals surface area contributed by atoms with Crippen LogP contribution in [-0.4, -0.2) is 11.3 Å². The van der Waals surface area contributed by atoms with E-state index in [4.69, 9.17) is 11.6 Å². The van der Waals surface area contributed by atoms with Crippen LogP contribution in [-0.2, 0) is 0 Å². The SMILES string of the molecule is FC(F)c1nc(OC(F)(F)F)cc(Cl)c1I. The molecule has 90 valence electrons. The van der Waals surface area contributed by atoms with Gasteiger partial charge in [-0.3, -0.25) is 0 Å². The van der Waals surface area contributed by atoms with Gasteiger partial charge < -0.3 is 4.74 Å². The Kier molecular flexibility index (Phi) is 4.16. The molecule has 1 aromatic rings. The average Bonchev–Trinajstić information content (AvgIpc) is 2.07. The fraction of sp³-hybridized carbons (Fsp3) is 0.286. The van der Waals surface area contributed by atoms with Gasteiger partial charge >= 0.3 is 6.36 Å². The second kappa shape index (κ2) is 4.86. The lowest BCUT2D eigenvalue weighted by Gasteiger charge is -2.11. The molecule has 9 heteroatoms. The summed E-state index contributed by atoms with van der Waals surface area (Å²) in [4.78, 5) is 3.03. The van der Waals surface area contributed by atoms with E-state index in [-0.39, 0.29) is 8.59 Å². The third-order valence-corrected chi connectivity index (χ3v) is 3.09. The molecule has 1 rings (SSSR count). The molecular weight excluding hydrogens is 371 g/mol. The van der Waals surface area contributed by atoms with Crippen LogP contribution in [0, 0.1) is 3.57 Å². The number of halogens is 7. The number of hydrogen-bond acceptors (Lipinski definition) is 2. The van der Waals surface area contributed by atoms with Gasteiger partial charge in [-0.2, -0.15) is 0 Å². The average molecular weight is 373 g/mol. The van der Waals surface area contributed by atoms with E-state index < -0.39 is 24.4 Å². The van der Waals surface area contributed by atoms with Crippen LogP contribution in [0.5, 0.6) is 5.88 Å². The Balaban J connectivity index is 3.14. The van der Waals surface area contributed by atoms with Crippen molar-refractivity contribution in [2.45, 2.75) is 12.8 Å². The smallest absolute Gasteiger partial charge is 0.388 e. The molecule has 1 aromatic heterocycles. The van der Waals surface area contributed by atoms with Crippen LogP contribution in [0.15, 0.2) is 6.07 Å². The standard InChI is InChI=1S/C7H2ClF5INO/c8-2-1-3(16-7(11,12)13)15-5(4(2)14)6(9)10/h1,6H. The molecule has 0 atom stereocenters. The van der Waals surface area contributed by atoms with Crippen molar-refractivity contribution in [3.63, 3.8) is 0 Å². The van der Waals surface area contributed by atoms with E-state index in [1.807, 2.05) is 0 Å². The highest BCUT2D eigenvalue weighted by molar-refractivity contribution is 14.1. The summed E-state index contributed by atoms with van der Waals surface area (Å²) in [6.07, 6.45) is -8.02. The van der Waals surface area contributed by atoms with Crippen molar-refractivity contribution in [2.24, 2.45) is 0 Å². The Hall–Kier alpha value is -0.380. The highest BCUT2D eigenvalue weighted by atomic mass is 127. The fourth-order valence-electron chi connectivity index (χ4n) is 0.810. The monoisotopic (exact) mass is 373 g/mol. The van der Waals surface area contributed by atoms with Crippen molar-refractivity contribution < 1.29 is 26.7 Å². The van der Waals surface area contributed by atoms with Gasteiger partial charge in [0, 0.05) is 6.07 Å². The van der Waals surface area contributed by atoms with Gasteiger partial charge in [0.25, 0.3) is 6.43 Å². The summed E-state index contributed by atoms with van der Waals surface area (Å²) in [5, 5.41) is -0.273. The molecule has 0 aromatic carbocycles. The van der Waals surface area contributed by atoms with Crippen LogP contribution in [0.4, 0.5) is 22.0 Å². The Bertz CT molecular complexity index is 397. The van der Waals surface area contributed by atoms with E-state index in [0.29, 0.717) is 0 Å². The zero-order chi connectivity index (χ0) is 12.5. The zero-order valence-corrected chi connectivity index (χ0v) is 10.1. The number of pyridine rings is 1. The van der Waals surface area contributed by atoms with Gasteiger partial charge in [-0.1, -0.05) is 11.6 Å². The van der Waals surface area contributed by atoms with Gasteiger partial charge in [-0.25, -0.2) is 13.8 Å². The van der Waals surface area contributed by atoms with Crippen molar-refractivity contribution >= 4 is 34.2 Å². The van der Waals surface area contributed by atoms with Gasteiger partial charge in [-0.15, -0.1) is 13.2 Å². The number of hydrogen-bond donors (Lipinski definition) is 0. The largest absolute Gasteiger partial charge is 0.574 e. The highest BCUT2D eigenvalue weighted by Gasteiger charge is 2.32. The lowest BCUT2D eigenvalue weighted by atomic mass is 10.3. The normalized spacial score (nSPS) is 12.0. The van der Waals surface area contributed by atoms with E-state index in [1.54, 1.807) is 0 Å². The van der Waals surface area contributed by atoms with E-state index in [2.05, 4.69) is 9.72 Å². The Morgan fingerprint density at radius 2 is 1.94 bits per heavy atom. The van der Waals surface area contributed by atoms with E-state index >= 15 is 0 Å². The summed E-state index contributed by atoms with van der Waals surface area (Å²) in [7, 11) is 0. The topological polar surface area (TPSA) is 22.1 Å². The molecule has 0 saturated heterocycles. The van der Waals surface area contributed by atoms with Gasteiger partial charge in [0.2, 0.25) is 5.88 Å². The summed E-state index contributed by atoms with van der Waals surface area (Å²) >= 11 is 6.93. The van der Waals surface area contributed by atoms with Crippen LogP contribution in [0.25, 0.3) is 0 Å². The molecule has 0 aliphatic heterocycles. The summed E-state index contributed by atoms with van der Waals surface area (Å²) in [6.45, 7) is 0. The third kappa shape index (κ3) is 3.58. The van der Waals surface area contributed by atoms with Crippen molar-refractivity contribution in [3.05, 3.63) is 20.4 Å². The van der Waals surface area contributed by atoms with Crippen LogP contribution in [0.1, 0.15) is 12.1 Å². The molecule has 2 nitrogen and oxygen atoms in total. The number of alkyl halides is 5. The summed E-state index contributed by atoms with van der Waals surface area (Å²) in [6, 6.07) is 0.725. The maximum Gasteiger partial charge on any atom is 0.574 e. The van der Waals surface area contributed by atoms with E-state index in [0.717, 1.165) is 6.07 Å². The number of ether oxygens (including phenoxy) is 1. The Labute approximate surface area is 105 Å². The number of aromatic nitrogens is 1. The zero-order valence-electron chi connectivity index (χ0n) is 7.16. The first-order chi connectivity index (χ1) is 7.20. The van der Waals surface area contributed by atoms with Crippen molar-refractivity contribution in [3.8, 4) is 5.88 Å². The number of rotatable bonds is 2. The minimum Gasteiger partial charge on any atom is -0.388 e. The molecule has 0 aliphatic carbocycles. The maximum absolute atomic E-state index is 12.4. The lowest BCUT2D eigenvalue weighted by Crippen LogP contribution is -2.18. The molecule has 0 aliphatic rings.